The van der Waals surface area contributed by atoms with Gasteiger partial charge in [-0.2, -0.15) is 4.68 Å². The Hall–Kier alpha value is -2.42. The van der Waals surface area contributed by atoms with E-state index in [4.69, 9.17) is 9.47 Å². The Bertz CT molecular complexity index is 849. The minimum absolute atomic E-state index is 0.280. The SMILES string of the molecule is CCCOc1ccc(Br)cc1C1C(C(=O)OCC)=C(C)Nc2nnnn21. The summed E-state index contributed by atoms with van der Waals surface area (Å²) in [5, 5.41) is 14.9. The van der Waals surface area contributed by atoms with Gasteiger partial charge in [-0.1, -0.05) is 28.0 Å². The molecule has 8 nitrogen and oxygen atoms in total. The van der Waals surface area contributed by atoms with E-state index in [0.29, 0.717) is 29.6 Å². The normalized spacial score (nSPS) is 16.1. The number of halogens is 1. The van der Waals surface area contributed by atoms with Crippen LogP contribution in [0.1, 0.15) is 38.8 Å². The van der Waals surface area contributed by atoms with Gasteiger partial charge < -0.3 is 14.8 Å². The van der Waals surface area contributed by atoms with Gasteiger partial charge in [-0.05, 0) is 48.9 Å². The molecule has 0 spiro atoms. The zero-order valence-electron chi connectivity index (χ0n) is 14.8. The number of fused-ring (bicyclic) bond motifs is 1. The third-order valence-corrected chi connectivity index (χ3v) is 4.43. The van der Waals surface area contributed by atoms with E-state index in [2.05, 4.69) is 36.8 Å². The number of esters is 1. The number of carbonyl (C=O) groups is 1. The van der Waals surface area contributed by atoms with E-state index in [1.807, 2.05) is 32.0 Å². The summed E-state index contributed by atoms with van der Waals surface area (Å²) in [5.41, 5.74) is 1.88. The van der Waals surface area contributed by atoms with Crippen molar-refractivity contribution in [1.82, 2.24) is 20.2 Å². The van der Waals surface area contributed by atoms with Crippen LogP contribution in [0.15, 0.2) is 33.9 Å². The molecule has 3 rings (SSSR count). The first-order chi connectivity index (χ1) is 12.6. The molecule has 1 atom stereocenters. The van der Waals surface area contributed by atoms with Gasteiger partial charge in [-0.3, -0.25) is 0 Å². The zero-order valence-corrected chi connectivity index (χ0v) is 16.4. The topological polar surface area (TPSA) is 91.2 Å². The highest BCUT2D eigenvalue weighted by Gasteiger charge is 2.36. The maximum absolute atomic E-state index is 12.7. The Balaban J connectivity index is 2.17. The van der Waals surface area contributed by atoms with Gasteiger partial charge >= 0.3 is 5.97 Å². The largest absolute Gasteiger partial charge is 0.493 e. The van der Waals surface area contributed by atoms with E-state index in [-0.39, 0.29) is 6.61 Å². The van der Waals surface area contributed by atoms with Gasteiger partial charge in [-0.15, -0.1) is 0 Å². The first-order valence-electron chi connectivity index (χ1n) is 8.41. The predicted molar refractivity (Wildman–Crippen MR) is 98.8 cm³/mol. The molecule has 1 aliphatic heterocycles. The van der Waals surface area contributed by atoms with Crippen molar-refractivity contribution in [2.45, 2.75) is 33.2 Å². The fraction of sp³-hybridized carbons (Fsp3) is 0.412. The van der Waals surface area contributed by atoms with Gasteiger partial charge in [0, 0.05) is 15.7 Å². The second kappa shape index (κ2) is 7.86. The van der Waals surface area contributed by atoms with E-state index < -0.39 is 12.0 Å². The van der Waals surface area contributed by atoms with E-state index in [0.717, 1.165) is 16.5 Å². The molecule has 2 aromatic rings. The van der Waals surface area contributed by atoms with Crippen LogP contribution in [0.25, 0.3) is 0 Å². The molecule has 1 aliphatic rings. The lowest BCUT2D eigenvalue weighted by Crippen LogP contribution is -2.30. The van der Waals surface area contributed by atoms with E-state index in [1.165, 1.54) is 0 Å². The molecule has 1 unspecified atom stereocenters. The molecule has 0 bridgehead atoms. The predicted octanol–water partition coefficient (Wildman–Crippen LogP) is 3.08. The van der Waals surface area contributed by atoms with Crippen molar-refractivity contribution in [2.24, 2.45) is 0 Å². The van der Waals surface area contributed by atoms with Crippen molar-refractivity contribution in [3.8, 4) is 5.75 Å². The molecular weight excluding hydrogens is 402 g/mol. The Labute approximate surface area is 159 Å². The molecule has 0 amide bonds. The number of hydrogen-bond acceptors (Lipinski definition) is 7. The Kier molecular flexibility index (Phi) is 5.55. The van der Waals surface area contributed by atoms with Crippen molar-refractivity contribution in [3.05, 3.63) is 39.5 Å². The Morgan fingerprint density at radius 1 is 1.38 bits per heavy atom. The molecule has 0 aliphatic carbocycles. The highest BCUT2D eigenvalue weighted by Crippen LogP contribution is 2.40. The summed E-state index contributed by atoms with van der Waals surface area (Å²) in [6.45, 7) is 6.47. The molecule has 26 heavy (non-hydrogen) atoms. The number of carbonyl (C=O) groups excluding carboxylic acids is 1. The number of anilines is 1. The van der Waals surface area contributed by atoms with Gasteiger partial charge in [0.2, 0.25) is 5.95 Å². The van der Waals surface area contributed by atoms with Crippen LogP contribution in [0.4, 0.5) is 5.95 Å². The lowest BCUT2D eigenvalue weighted by atomic mass is 9.95. The van der Waals surface area contributed by atoms with Gasteiger partial charge in [0.1, 0.15) is 11.8 Å². The van der Waals surface area contributed by atoms with Crippen LogP contribution in [-0.4, -0.2) is 39.4 Å². The lowest BCUT2D eigenvalue weighted by molar-refractivity contribution is -0.139. The smallest absolute Gasteiger partial charge is 0.338 e. The second-order valence-corrected chi connectivity index (χ2v) is 6.68. The molecule has 0 saturated carbocycles. The summed E-state index contributed by atoms with van der Waals surface area (Å²) in [5.74, 6) is 0.727. The van der Waals surface area contributed by atoms with Gasteiger partial charge in [0.05, 0.1) is 18.8 Å². The van der Waals surface area contributed by atoms with Crippen LogP contribution in [0, 0.1) is 0 Å². The van der Waals surface area contributed by atoms with E-state index in [9.17, 15) is 4.79 Å². The third kappa shape index (κ3) is 3.44. The van der Waals surface area contributed by atoms with Crippen molar-refractivity contribution >= 4 is 27.8 Å². The van der Waals surface area contributed by atoms with E-state index >= 15 is 0 Å². The molecule has 1 aromatic heterocycles. The maximum Gasteiger partial charge on any atom is 0.338 e. The number of benzene rings is 1. The number of rotatable bonds is 6. The molecule has 1 aromatic carbocycles. The minimum Gasteiger partial charge on any atom is -0.493 e. The second-order valence-electron chi connectivity index (χ2n) is 5.76. The highest BCUT2D eigenvalue weighted by molar-refractivity contribution is 9.10. The Morgan fingerprint density at radius 3 is 2.92 bits per heavy atom. The van der Waals surface area contributed by atoms with Crippen LogP contribution in [0.2, 0.25) is 0 Å². The average Bonchev–Trinajstić information content (AvgIpc) is 3.07. The zero-order chi connectivity index (χ0) is 18.7. The molecular formula is C17H20BrN5O3. The summed E-state index contributed by atoms with van der Waals surface area (Å²) in [6.07, 6.45) is 0.872. The lowest BCUT2D eigenvalue weighted by Gasteiger charge is -2.28. The first-order valence-corrected chi connectivity index (χ1v) is 9.21. The fourth-order valence-corrected chi connectivity index (χ4v) is 3.23. The van der Waals surface area contributed by atoms with Gasteiger partial charge in [-0.25, -0.2) is 4.79 Å². The number of tetrazole rings is 1. The number of nitrogens with one attached hydrogen (secondary N) is 1. The first kappa shape index (κ1) is 18.4. The fourth-order valence-electron chi connectivity index (χ4n) is 2.85. The molecule has 2 heterocycles. The number of hydrogen-bond donors (Lipinski definition) is 1. The summed E-state index contributed by atoms with van der Waals surface area (Å²) in [6, 6.07) is 5.14. The molecule has 0 radical (unpaired) electrons. The summed E-state index contributed by atoms with van der Waals surface area (Å²) in [7, 11) is 0. The average molecular weight is 422 g/mol. The van der Waals surface area contributed by atoms with Gasteiger partial charge in [0.15, 0.2) is 0 Å². The summed E-state index contributed by atoms with van der Waals surface area (Å²) < 4.78 is 13.6. The van der Waals surface area contributed by atoms with Crippen LogP contribution in [0.5, 0.6) is 5.75 Å². The molecule has 138 valence electrons. The van der Waals surface area contributed by atoms with Gasteiger partial charge in [0.25, 0.3) is 0 Å². The number of ether oxygens (including phenoxy) is 2. The number of aromatic nitrogens is 4. The van der Waals surface area contributed by atoms with E-state index in [1.54, 1.807) is 11.6 Å². The van der Waals surface area contributed by atoms with Crippen LogP contribution in [-0.2, 0) is 9.53 Å². The van der Waals surface area contributed by atoms with Crippen LogP contribution >= 0.6 is 15.9 Å². The molecule has 9 heteroatoms. The quantitative estimate of drug-likeness (QED) is 0.716. The minimum atomic E-state index is -0.551. The highest BCUT2D eigenvalue weighted by atomic mass is 79.9. The maximum atomic E-state index is 12.7. The summed E-state index contributed by atoms with van der Waals surface area (Å²) in [4.78, 5) is 12.7. The van der Waals surface area contributed by atoms with Crippen LogP contribution < -0.4 is 10.1 Å². The summed E-state index contributed by atoms with van der Waals surface area (Å²) >= 11 is 3.50. The molecule has 0 fully saturated rings. The van der Waals surface area contributed by atoms with Crippen molar-refractivity contribution in [1.29, 1.82) is 0 Å². The molecule has 0 saturated heterocycles. The standard InChI is InChI=1S/C17H20BrN5O3/c1-4-8-26-13-7-6-11(18)9-12(13)15-14(16(24)25-5-2)10(3)19-17-20-21-22-23(15)17/h6-7,9,15H,4-5,8H2,1-3H3,(H,19,20,22). The van der Waals surface area contributed by atoms with Crippen LogP contribution in [0.3, 0.4) is 0 Å². The van der Waals surface area contributed by atoms with Crippen molar-refractivity contribution in [3.63, 3.8) is 0 Å². The monoisotopic (exact) mass is 421 g/mol. The number of allylic oxidation sites excluding steroid dienone is 1. The Morgan fingerprint density at radius 2 is 2.19 bits per heavy atom. The third-order valence-electron chi connectivity index (χ3n) is 3.94. The van der Waals surface area contributed by atoms with Crippen molar-refractivity contribution in [2.75, 3.05) is 18.5 Å². The van der Waals surface area contributed by atoms with Crippen molar-refractivity contribution < 1.29 is 14.3 Å². The number of nitrogens with zero attached hydrogens (tertiary/aromatic N) is 4. The molecule has 1 N–H and O–H groups in total.